The number of imide groups is 1. The van der Waals surface area contributed by atoms with E-state index >= 15 is 0 Å². The summed E-state index contributed by atoms with van der Waals surface area (Å²) in [5.41, 5.74) is 1.56. The zero-order valence-corrected chi connectivity index (χ0v) is 22.6. The van der Waals surface area contributed by atoms with Gasteiger partial charge in [-0.25, -0.2) is 13.3 Å². The van der Waals surface area contributed by atoms with Crippen LogP contribution in [-0.4, -0.2) is 57.3 Å². The maximum absolute atomic E-state index is 13.8. The van der Waals surface area contributed by atoms with Crippen molar-refractivity contribution >= 4 is 39.1 Å². The highest BCUT2D eigenvalue weighted by atomic mass is 32.2. The van der Waals surface area contributed by atoms with Gasteiger partial charge in [0.2, 0.25) is 21.8 Å². The number of nitrogens with one attached hydrogen (secondary N) is 1. The molecule has 1 heterocycles. The SMILES string of the molecule is COc1ccc(CCN(C2CC(=O)N(c3ccc(NC(C)=O)cc3)C2=O)S(=O)(=O)c2ccccc2)cc1OC. The van der Waals surface area contributed by atoms with E-state index in [2.05, 4.69) is 5.32 Å². The Bertz CT molecular complexity index is 1470. The summed E-state index contributed by atoms with van der Waals surface area (Å²) in [6, 6.07) is 18.1. The van der Waals surface area contributed by atoms with Crippen LogP contribution in [0, 0.1) is 0 Å². The van der Waals surface area contributed by atoms with Gasteiger partial charge in [-0.1, -0.05) is 24.3 Å². The van der Waals surface area contributed by atoms with Crippen LogP contribution in [-0.2, 0) is 30.8 Å². The number of methoxy groups -OCH3 is 2. The van der Waals surface area contributed by atoms with E-state index in [4.69, 9.17) is 9.47 Å². The van der Waals surface area contributed by atoms with E-state index in [-0.39, 0.29) is 30.2 Å². The van der Waals surface area contributed by atoms with Crippen molar-refractivity contribution in [3.63, 3.8) is 0 Å². The van der Waals surface area contributed by atoms with Crippen molar-refractivity contribution in [3.8, 4) is 11.5 Å². The second kappa shape index (κ2) is 11.7. The zero-order chi connectivity index (χ0) is 28.2. The minimum atomic E-state index is -4.14. The van der Waals surface area contributed by atoms with E-state index in [0.29, 0.717) is 22.9 Å². The summed E-state index contributed by atoms with van der Waals surface area (Å²) < 4.78 is 39.3. The summed E-state index contributed by atoms with van der Waals surface area (Å²) in [6.45, 7) is 1.32. The Balaban J connectivity index is 1.65. The Morgan fingerprint density at radius 3 is 2.26 bits per heavy atom. The summed E-state index contributed by atoms with van der Waals surface area (Å²) >= 11 is 0. The van der Waals surface area contributed by atoms with Crippen LogP contribution in [0.3, 0.4) is 0 Å². The minimum absolute atomic E-state index is 0.0238. The molecule has 1 aliphatic rings. The second-order valence-electron chi connectivity index (χ2n) is 8.88. The van der Waals surface area contributed by atoms with Crippen LogP contribution in [0.2, 0.25) is 0 Å². The predicted molar refractivity (Wildman–Crippen MR) is 145 cm³/mol. The van der Waals surface area contributed by atoms with E-state index in [9.17, 15) is 22.8 Å². The first-order valence-corrected chi connectivity index (χ1v) is 13.6. The molecule has 0 aromatic heterocycles. The minimum Gasteiger partial charge on any atom is -0.493 e. The Labute approximate surface area is 227 Å². The van der Waals surface area contributed by atoms with Gasteiger partial charge in [-0.3, -0.25) is 14.4 Å². The molecule has 4 rings (SSSR count). The lowest BCUT2D eigenvalue weighted by Gasteiger charge is -2.27. The molecule has 1 saturated heterocycles. The highest BCUT2D eigenvalue weighted by molar-refractivity contribution is 7.89. The maximum atomic E-state index is 13.8. The molecule has 0 aliphatic carbocycles. The summed E-state index contributed by atoms with van der Waals surface area (Å²) in [7, 11) is -1.11. The maximum Gasteiger partial charge on any atom is 0.252 e. The monoisotopic (exact) mass is 551 g/mol. The number of sulfonamides is 1. The molecule has 0 bridgehead atoms. The standard InChI is InChI=1S/C28H29N3O7S/c1-19(32)29-21-10-12-22(13-11-21)31-27(33)18-24(28(31)34)30(39(35,36)23-7-5-4-6-8-23)16-15-20-9-14-25(37-2)26(17-20)38-3/h4-14,17,24H,15-16,18H2,1-3H3,(H,29,32). The molecule has 204 valence electrons. The molecule has 3 amide bonds. The number of amides is 3. The Morgan fingerprint density at radius 2 is 1.64 bits per heavy atom. The zero-order valence-electron chi connectivity index (χ0n) is 21.8. The normalized spacial score (nSPS) is 15.5. The van der Waals surface area contributed by atoms with Gasteiger partial charge in [-0.2, -0.15) is 4.31 Å². The third kappa shape index (κ3) is 5.94. The van der Waals surface area contributed by atoms with Gasteiger partial charge in [0.25, 0.3) is 5.91 Å². The number of ether oxygens (including phenoxy) is 2. The van der Waals surface area contributed by atoms with Crippen LogP contribution in [0.25, 0.3) is 0 Å². The predicted octanol–water partition coefficient (Wildman–Crippen LogP) is 3.23. The molecule has 0 saturated carbocycles. The van der Waals surface area contributed by atoms with Crippen molar-refractivity contribution in [2.75, 3.05) is 31.0 Å². The van der Waals surface area contributed by atoms with Crippen LogP contribution in [0.15, 0.2) is 77.7 Å². The number of anilines is 2. The molecule has 3 aromatic carbocycles. The smallest absolute Gasteiger partial charge is 0.252 e. The number of benzene rings is 3. The first kappa shape index (κ1) is 27.8. The lowest BCUT2D eigenvalue weighted by molar-refractivity contribution is -0.122. The van der Waals surface area contributed by atoms with Gasteiger partial charge in [-0.15, -0.1) is 0 Å². The quantitative estimate of drug-likeness (QED) is 0.384. The van der Waals surface area contributed by atoms with E-state index in [1.165, 1.54) is 45.4 Å². The summed E-state index contributed by atoms with van der Waals surface area (Å²) in [5.74, 6) is -0.386. The molecule has 1 fully saturated rings. The van der Waals surface area contributed by atoms with E-state index in [0.717, 1.165) is 14.8 Å². The van der Waals surface area contributed by atoms with Gasteiger partial charge in [-0.05, 0) is 60.5 Å². The number of carbonyl (C=O) groups is 3. The number of hydrogen-bond donors (Lipinski definition) is 1. The third-order valence-corrected chi connectivity index (χ3v) is 8.26. The topological polar surface area (TPSA) is 122 Å². The van der Waals surface area contributed by atoms with Crippen molar-refractivity contribution < 1.29 is 32.3 Å². The molecular formula is C28H29N3O7S. The van der Waals surface area contributed by atoms with Crippen molar-refractivity contribution in [1.29, 1.82) is 0 Å². The third-order valence-electron chi connectivity index (χ3n) is 6.33. The molecule has 10 nitrogen and oxygen atoms in total. The number of rotatable bonds is 10. The highest BCUT2D eigenvalue weighted by Crippen LogP contribution is 2.31. The molecule has 1 aliphatic heterocycles. The Morgan fingerprint density at radius 1 is 0.974 bits per heavy atom. The van der Waals surface area contributed by atoms with E-state index < -0.39 is 27.9 Å². The number of nitrogens with zero attached hydrogens (tertiary/aromatic N) is 2. The lowest BCUT2D eigenvalue weighted by atomic mass is 10.1. The average molecular weight is 552 g/mol. The fourth-order valence-electron chi connectivity index (χ4n) is 4.46. The number of hydrogen-bond acceptors (Lipinski definition) is 7. The Kier molecular flexibility index (Phi) is 8.32. The van der Waals surface area contributed by atoms with Crippen LogP contribution in [0.4, 0.5) is 11.4 Å². The fraction of sp³-hybridized carbons (Fsp3) is 0.250. The van der Waals surface area contributed by atoms with E-state index in [1.807, 2.05) is 0 Å². The molecule has 39 heavy (non-hydrogen) atoms. The molecule has 1 atom stereocenters. The van der Waals surface area contributed by atoms with Crippen LogP contribution < -0.4 is 19.7 Å². The lowest BCUT2D eigenvalue weighted by Crippen LogP contribution is -2.46. The van der Waals surface area contributed by atoms with Gasteiger partial charge in [0.1, 0.15) is 6.04 Å². The first-order valence-electron chi connectivity index (χ1n) is 12.2. The molecule has 3 aromatic rings. The van der Waals surface area contributed by atoms with Gasteiger partial charge in [0, 0.05) is 19.2 Å². The number of carbonyl (C=O) groups excluding carboxylic acids is 3. The Hall–Kier alpha value is -4.22. The summed E-state index contributed by atoms with van der Waals surface area (Å²) in [5, 5.41) is 2.63. The summed E-state index contributed by atoms with van der Waals surface area (Å²) in [6.07, 6.45) is -0.0416. The van der Waals surface area contributed by atoms with Crippen LogP contribution in [0.1, 0.15) is 18.9 Å². The molecular weight excluding hydrogens is 522 g/mol. The molecule has 1 N–H and O–H groups in total. The van der Waals surface area contributed by atoms with Gasteiger partial charge >= 0.3 is 0 Å². The van der Waals surface area contributed by atoms with E-state index in [1.54, 1.807) is 48.5 Å². The second-order valence-corrected chi connectivity index (χ2v) is 10.8. The molecule has 11 heteroatoms. The molecule has 1 unspecified atom stereocenters. The van der Waals surface area contributed by atoms with Crippen molar-refractivity contribution in [3.05, 3.63) is 78.4 Å². The average Bonchev–Trinajstić information content (AvgIpc) is 3.22. The fourth-order valence-corrected chi connectivity index (χ4v) is 6.06. The first-order chi connectivity index (χ1) is 18.6. The van der Waals surface area contributed by atoms with Crippen molar-refractivity contribution in [1.82, 2.24) is 4.31 Å². The largest absolute Gasteiger partial charge is 0.493 e. The summed E-state index contributed by atoms with van der Waals surface area (Å²) in [4.78, 5) is 39.0. The molecule has 0 spiro atoms. The highest BCUT2D eigenvalue weighted by Gasteiger charge is 2.46. The van der Waals surface area contributed by atoms with Crippen LogP contribution >= 0.6 is 0 Å². The molecule has 0 radical (unpaired) electrons. The van der Waals surface area contributed by atoms with Crippen molar-refractivity contribution in [2.24, 2.45) is 0 Å². The van der Waals surface area contributed by atoms with Gasteiger partial charge < -0.3 is 14.8 Å². The van der Waals surface area contributed by atoms with Crippen LogP contribution in [0.5, 0.6) is 11.5 Å². The van der Waals surface area contributed by atoms with Gasteiger partial charge in [0.15, 0.2) is 11.5 Å². The van der Waals surface area contributed by atoms with Crippen molar-refractivity contribution in [2.45, 2.75) is 30.7 Å². The van der Waals surface area contributed by atoms with Gasteiger partial charge in [0.05, 0.1) is 31.2 Å².